The molecule has 0 aromatic heterocycles. The molecule has 8 atom stereocenters. The maximum Gasteiger partial charge on any atom is 0.124 e. The van der Waals surface area contributed by atoms with Gasteiger partial charge >= 0.3 is 0 Å². The van der Waals surface area contributed by atoms with E-state index in [2.05, 4.69) is 5.94 Å². The van der Waals surface area contributed by atoms with Gasteiger partial charge in [0, 0.05) is 11.5 Å². The average molecular weight is 252 g/mol. The number of hydrogen-bond donors (Lipinski definition) is 0. The van der Waals surface area contributed by atoms with Gasteiger partial charge in [0.15, 0.2) is 0 Å². The Morgan fingerprint density at radius 1 is 0.947 bits per heavy atom. The Balaban J connectivity index is 1.54. The summed E-state index contributed by atoms with van der Waals surface area (Å²) in [7, 11) is 0. The maximum atomic E-state index is 11.2. The van der Waals surface area contributed by atoms with E-state index in [9.17, 15) is 4.79 Å². The van der Waals surface area contributed by atoms with Crippen molar-refractivity contribution in [3.63, 3.8) is 0 Å². The second-order valence-corrected chi connectivity index (χ2v) is 8.19. The van der Waals surface area contributed by atoms with Crippen LogP contribution < -0.4 is 0 Å². The zero-order chi connectivity index (χ0) is 12.3. The smallest absolute Gasteiger partial charge is 0.124 e. The van der Waals surface area contributed by atoms with Crippen LogP contribution in [-0.2, 0) is 4.79 Å². The van der Waals surface area contributed by atoms with Gasteiger partial charge in [-0.15, -0.1) is 0 Å². The summed E-state index contributed by atoms with van der Waals surface area (Å²) < 4.78 is 0. The Morgan fingerprint density at radius 2 is 1.84 bits per heavy atom. The highest BCUT2D eigenvalue weighted by atomic mass is 16.1. The van der Waals surface area contributed by atoms with E-state index < -0.39 is 0 Å². The molecule has 19 heavy (non-hydrogen) atoms. The summed E-state index contributed by atoms with van der Waals surface area (Å²) in [4.78, 5) is 11.2. The molecule has 1 nitrogen and oxygen atoms in total. The van der Waals surface area contributed by atoms with Crippen LogP contribution in [0.1, 0.15) is 38.5 Å². The lowest BCUT2D eigenvalue weighted by molar-refractivity contribution is 0.150. The van der Waals surface area contributed by atoms with Gasteiger partial charge in [0.1, 0.15) is 5.94 Å². The van der Waals surface area contributed by atoms with E-state index >= 15 is 0 Å². The van der Waals surface area contributed by atoms with E-state index in [1.54, 1.807) is 12.0 Å². The molecular formula is C18H20O. The van der Waals surface area contributed by atoms with Crippen molar-refractivity contribution in [2.75, 3.05) is 0 Å². The largest absolute Gasteiger partial charge is 0.234 e. The van der Waals surface area contributed by atoms with E-state index in [0.29, 0.717) is 5.92 Å². The third-order valence-corrected chi connectivity index (χ3v) is 7.98. The van der Waals surface area contributed by atoms with Crippen molar-refractivity contribution in [1.29, 1.82) is 0 Å². The molecule has 6 aliphatic rings. The molecule has 8 unspecified atom stereocenters. The summed E-state index contributed by atoms with van der Waals surface area (Å²) >= 11 is 0. The second-order valence-electron chi connectivity index (χ2n) is 8.19. The van der Waals surface area contributed by atoms with Crippen molar-refractivity contribution in [2.45, 2.75) is 38.5 Å². The molecule has 6 aliphatic carbocycles. The number of rotatable bonds is 0. The van der Waals surface area contributed by atoms with Crippen LogP contribution in [-0.4, -0.2) is 5.94 Å². The van der Waals surface area contributed by atoms with Crippen molar-refractivity contribution in [1.82, 2.24) is 0 Å². The van der Waals surface area contributed by atoms with Gasteiger partial charge in [0.05, 0.1) is 0 Å². The average Bonchev–Trinajstić information content (AvgIpc) is 3.20. The van der Waals surface area contributed by atoms with Gasteiger partial charge in [0.2, 0.25) is 0 Å². The Kier molecular flexibility index (Phi) is 1.54. The molecular weight excluding hydrogens is 232 g/mol. The van der Waals surface area contributed by atoms with Gasteiger partial charge < -0.3 is 0 Å². The molecule has 98 valence electrons. The minimum atomic E-state index is 0.563. The molecule has 0 N–H and O–H groups in total. The predicted octanol–water partition coefficient (Wildman–Crippen LogP) is 3.39. The molecule has 0 aliphatic heterocycles. The van der Waals surface area contributed by atoms with Crippen molar-refractivity contribution in [3.8, 4) is 0 Å². The van der Waals surface area contributed by atoms with Gasteiger partial charge in [0.25, 0.3) is 0 Å². The lowest BCUT2D eigenvalue weighted by Crippen LogP contribution is -2.33. The molecule has 0 saturated heterocycles. The van der Waals surface area contributed by atoms with Crippen LogP contribution in [0.3, 0.4) is 0 Å². The van der Waals surface area contributed by atoms with E-state index in [0.717, 1.165) is 53.4 Å². The zero-order valence-electron chi connectivity index (χ0n) is 11.3. The van der Waals surface area contributed by atoms with Crippen LogP contribution in [0.2, 0.25) is 0 Å². The third kappa shape index (κ3) is 0.905. The Morgan fingerprint density at radius 3 is 2.74 bits per heavy atom. The summed E-state index contributed by atoms with van der Waals surface area (Å²) in [6.07, 6.45) is 8.41. The van der Waals surface area contributed by atoms with Crippen molar-refractivity contribution in [3.05, 3.63) is 16.7 Å². The lowest BCUT2D eigenvalue weighted by Gasteiger charge is -2.40. The van der Waals surface area contributed by atoms with Gasteiger partial charge in [-0.05, 0) is 80.0 Å². The molecule has 0 spiro atoms. The first kappa shape index (κ1) is 10.00. The van der Waals surface area contributed by atoms with Gasteiger partial charge in [-0.1, -0.05) is 11.1 Å². The summed E-state index contributed by atoms with van der Waals surface area (Å²) in [5.74, 6) is 9.78. The minimum Gasteiger partial charge on any atom is -0.234 e. The predicted molar refractivity (Wildman–Crippen MR) is 71.9 cm³/mol. The van der Waals surface area contributed by atoms with Crippen LogP contribution in [0.25, 0.3) is 0 Å². The fraction of sp³-hybridized carbons (Fsp3) is 0.778. The number of hydrogen-bond acceptors (Lipinski definition) is 1. The molecule has 5 fully saturated rings. The summed E-state index contributed by atoms with van der Waals surface area (Å²) in [6, 6.07) is 0. The summed E-state index contributed by atoms with van der Waals surface area (Å²) in [6.45, 7) is 0. The van der Waals surface area contributed by atoms with E-state index in [1.165, 1.54) is 25.7 Å². The monoisotopic (exact) mass is 252 g/mol. The van der Waals surface area contributed by atoms with Crippen LogP contribution in [0, 0.1) is 47.3 Å². The molecule has 6 bridgehead atoms. The first-order chi connectivity index (χ1) is 9.36. The minimum absolute atomic E-state index is 0.563. The van der Waals surface area contributed by atoms with Crippen molar-refractivity contribution in [2.24, 2.45) is 47.3 Å². The van der Waals surface area contributed by atoms with Crippen molar-refractivity contribution < 1.29 is 4.79 Å². The molecule has 0 radical (unpaired) electrons. The highest BCUT2D eigenvalue weighted by Crippen LogP contribution is 2.74. The Bertz CT molecular complexity index is 578. The van der Waals surface area contributed by atoms with Gasteiger partial charge in [-0.2, -0.15) is 0 Å². The molecule has 0 heterocycles. The topological polar surface area (TPSA) is 17.1 Å². The maximum absolute atomic E-state index is 11.2. The molecule has 1 heteroatoms. The van der Waals surface area contributed by atoms with Crippen LogP contribution in [0.15, 0.2) is 16.7 Å². The normalized spacial score (nSPS) is 59.1. The molecule has 0 aromatic rings. The van der Waals surface area contributed by atoms with Crippen LogP contribution >= 0.6 is 0 Å². The number of carbonyl (C=O) groups excluding carboxylic acids is 1. The summed E-state index contributed by atoms with van der Waals surface area (Å²) in [5.41, 5.74) is 4.82. The summed E-state index contributed by atoms with van der Waals surface area (Å²) in [5, 5.41) is 0. The Labute approximate surface area is 114 Å². The SMILES string of the molecule is O=C=C1CC2CC1C1=C3CC(C12)C1C2CCC(C2)C31. The fourth-order valence-corrected chi connectivity index (χ4v) is 7.83. The third-order valence-electron chi connectivity index (χ3n) is 7.98. The first-order valence-corrected chi connectivity index (χ1v) is 8.33. The quantitative estimate of drug-likeness (QED) is 0.367. The number of allylic oxidation sites excluding steroid dienone is 3. The Hall–Kier alpha value is -0.810. The highest BCUT2D eigenvalue weighted by molar-refractivity contribution is 5.60. The fourth-order valence-electron chi connectivity index (χ4n) is 7.83. The second kappa shape index (κ2) is 2.93. The lowest BCUT2D eigenvalue weighted by atomic mass is 9.64. The standard InChI is InChI=1S/C18H20O/c19-7-11-4-10-5-12(11)18-14-6-13(17(10)18)15-8-1-2-9(3-8)16(14)15/h8-10,12-13,15-17H,1-6H2. The van der Waals surface area contributed by atoms with E-state index in [1.807, 2.05) is 5.57 Å². The van der Waals surface area contributed by atoms with Crippen molar-refractivity contribution >= 4 is 5.94 Å². The highest BCUT2D eigenvalue weighted by Gasteiger charge is 2.66. The molecule has 0 amide bonds. The first-order valence-electron chi connectivity index (χ1n) is 8.33. The molecule has 0 aromatic carbocycles. The zero-order valence-corrected chi connectivity index (χ0v) is 11.3. The van der Waals surface area contributed by atoms with E-state index in [4.69, 9.17) is 0 Å². The molecule has 5 saturated carbocycles. The van der Waals surface area contributed by atoms with Gasteiger partial charge in [-0.25, -0.2) is 4.79 Å². The molecule has 6 rings (SSSR count). The van der Waals surface area contributed by atoms with Gasteiger partial charge in [-0.3, -0.25) is 0 Å². The van der Waals surface area contributed by atoms with Crippen LogP contribution in [0.5, 0.6) is 0 Å². The number of fused-ring (bicyclic) bond motifs is 15. The van der Waals surface area contributed by atoms with E-state index in [-0.39, 0.29) is 0 Å². The van der Waals surface area contributed by atoms with Crippen LogP contribution in [0.4, 0.5) is 0 Å².